The highest BCUT2D eigenvalue weighted by molar-refractivity contribution is 14.1. The summed E-state index contributed by atoms with van der Waals surface area (Å²) in [4.78, 5) is 2.36. The monoisotopic (exact) mass is 418 g/mol. The zero-order chi connectivity index (χ0) is 14.9. The average Bonchev–Trinajstić information content (AvgIpc) is 2.50. The third kappa shape index (κ3) is 6.25. The van der Waals surface area contributed by atoms with Gasteiger partial charge in [-0.15, -0.1) is 0 Å². The predicted molar refractivity (Wildman–Crippen MR) is 97.7 cm³/mol. The predicted octanol–water partition coefficient (Wildman–Crippen LogP) is 1.42. The van der Waals surface area contributed by atoms with E-state index in [2.05, 4.69) is 43.3 Å². The van der Waals surface area contributed by atoms with E-state index < -0.39 is 0 Å². The lowest BCUT2D eigenvalue weighted by atomic mass is 10.2. The van der Waals surface area contributed by atoms with Crippen LogP contribution in [-0.2, 0) is 4.74 Å². The van der Waals surface area contributed by atoms with Crippen LogP contribution in [-0.4, -0.2) is 55.6 Å². The Bertz CT molecular complexity index is 492. The van der Waals surface area contributed by atoms with E-state index in [4.69, 9.17) is 17.0 Å². The lowest BCUT2D eigenvalue weighted by Crippen LogP contribution is -2.42. The highest BCUT2D eigenvalue weighted by atomic mass is 127. The summed E-state index contributed by atoms with van der Waals surface area (Å²) < 4.78 is 6.47. The summed E-state index contributed by atoms with van der Waals surface area (Å²) in [5, 5.41) is 7.85. The molecule has 0 bridgehead atoms. The maximum atomic E-state index is 5.31. The molecule has 0 spiro atoms. The van der Waals surface area contributed by atoms with Crippen molar-refractivity contribution in [3.05, 3.63) is 33.4 Å². The molecule has 1 aromatic rings. The maximum absolute atomic E-state index is 5.31. The van der Waals surface area contributed by atoms with Crippen molar-refractivity contribution in [2.75, 3.05) is 39.4 Å². The SMILES string of the molecule is S=C(NCCN1CCOCC1)N/N=C/c1ccccc1I. The second kappa shape index (κ2) is 9.29. The molecule has 5 nitrogen and oxygen atoms in total. The second-order valence-corrected chi connectivity index (χ2v) is 6.17. The number of nitrogens with one attached hydrogen (secondary N) is 2. The van der Waals surface area contributed by atoms with Crippen molar-refractivity contribution >= 4 is 46.1 Å². The molecule has 0 amide bonds. The number of morpholine rings is 1. The molecule has 2 rings (SSSR count). The Morgan fingerprint density at radius 2 is 2.14 bits per heavy atom. The first kappa shape index (κ1) is 16.6. The molecular weight excluding hydrogens is 399 g/mol. The Morgan fingerprint density at radius 1 is 1.38 bits per heavy atom. The van der Waals surface area contributed by atoms with Crippen molar-refractivity contribution in [3.8, 4) is 0 Å². The van der Waals surface area contributed by atoms with E-state index in [1.165, 1.54) is 0 Å². The highest BCUT2D eigenvalue weighted by Crippen LogP contribution is 2.08. The van der Waals surface area contributed by atoms with E-state index in [9.17, 15) is 0 Å². The molecule has 1 aromatic carbocycles. The summed E-state index contributed by atoms with van der Waals surface area (Å²) in [5.41, 5.74) is 3.91. The number of hydrogen-bond acceptors (Lipinski definition) is 4. The molecule has 1 fully saturated rings. The molecule has 0 aromatic heterocycles. The van der Waals surface area contributed by atoms with Crippen LogP contribution in [0.15, 0.2) is 29.4 Å². The van der Waals surface area contributed by atoms with Gasteiger partial charge in [0.25, 0.3) is 0 Å². The van der Waals surface area contributed by atoms with E-state index >= 15 is 0 Å². The third-order valence-corrected chi connectivity index (χ3v) is 4.31. The number of hydrogen-bond donors (Lipinski definition) is 2. The number of rotatable bonds is 5. The van der Waals surface area contributed by atoms with Crippen LogP contribution in [0.1, 0.15) is 5.56 Å². The van der Waals surface area contributed by atoms with Gasteiger partial charge in [0.1, 0.15) is 0 Å². The lowest BCUT2D eigenvalue weighted by molar-refractivity contribution is 0.0389. The number of halogens is 1. The standard InChI is InChI=1S/C14H19IN4OS/c15-13-4-2-1-3-12(13)11-17-18-14(21)16-5-6-19-7-9-20-10-8-19/h1-4,11H,5-10H2,(H2,16,18,21)/b17-11+. The molecule has 0 saturated carbocycles. The Kier molecular flexibility index (Phi) is 7.34. The Balaban J connectivity index is 1.64. The van der Waals surface area contributed by atoms with Crippen LogP contribution in [0.25, 0.3) is 0 Å². The summed E-state index contributed by atoms with van der Waals surface area (Å²) in [6.07, 6.45) is 1.78. The number of nitrogens with zero attached hydrogens (tertiary/aromatic N) is 2. The van der Waals surface area contributed by atoms with Gasteiger partial charge in [0.05, 0.1) is 19.4 Å². The summed E-state index contributed by atoms with van der Waals surface area (Å²) in [5.74, 6) is 0. The Morgan fingerprint density at radius 3 is 2.90 bits per heavy atom. The smallest absolute Gasteiger partial charge is 0.187 e. The van der Waals surface area contributed by atoms with Crippen molar-refractivity contribution in [2.45, 2.75) is 0 Å². The molecule has 0 atom stereocenters. The van der Waals surface area contributed by atoms with Gasteiger partial charge in [-0.05, 0) is 40.9 Å². The first-order valence-electron chi connectivity index (χ1n) is 6.87. The zero-order valence-corrected chi connectivity index (χ0v) is 14.7. The minimum absolute atomic E-state index is 0.547. The molecule has 0 radical (unpaired) electrons. The quantitative estimate of drug-likeness (QED) is 0.328. The third-order valence-electron chi connectivity index (χ3n) is 3.09. The first-order valence-corrected chi connectivity index (χ1v) is 8.36. The van der Waals surface area contributed by atoms with Crippen molar-refractivity contribution in [1.82, 2.24) is 15.6 Å². The first-order chi connectivity index (χ1) is 10.3. The number of hydrazone groups is 1. The molecule has 1 saturated heterocycles. The molecule has 114 valence electrons. The molecule has 1 aliphatic heterocycles. The molecule has 1 aliphatic rings. The largest absolute Gasteiger partial charge is 0.379 e. The minimum Gasteiger partial charge on any atom is -0.379 e. The summed E-state index contributed by atoms with van der Waals surface area (Å²) in [7, 11) is 0. The minimum atomic E-state index is 0.547. The molecule has 0 aliphatic carbocycles. The molecular formula is C14H19IN4OS. The van der Waals surface area contributed by atoms with Gasteiger partial charge in [-0.3, -0.25) is 10.3 Å². The van der Waals surface area contributed by atoms with E-state index in [1.54, 1.807) is 6.21 Å². The van der Waals surface area contributed by atoms with Gasteiger partial charge in [0.2, 0.25) is 0 Å². The van der Waals surface area contributed by atoms with Gasteiger partial charge in [0.15, 0.2) is 5.11 Å². The highest BCUT2D eigenvalue weighted by Gasteiger charge is 2.09. The van der Waals surface area contributed by atoms with Crippen LogP contribution in [0.2, 0.25) is 0 Å². The molecule has 2 N–H and O–H groups in total. The normalized spacial score (nSPS) is 16.0. The van der Waals surface area contributed by atoms with Crippen LogP contribution < -0.4 is 10.7 Å². The van der Waals surface area contributed by atoms with Crippen LogP contribution in [0.3, 0.4) is 0 Å². The van der Waals surface area contributed by atoms with Crippen molar-refractivity contribution in [3.63, 3.8) is 0 Å². The van der Waals surface area contributed by atoms with Crippen LogP contribution in [0.5, 0.6) is 0 Å². The van der Waals surface area contributed by atoms with Gasteiger partial charge in [-0.2, -0.15) is 5.10 Å². The maximum Gasteiger partial charge on any atom is 0.187 e. The fraction of sp³-hybridized carbons (Fsp3) is 0.429. The fourth-order valence-electron chi connectivity index (χ4n) is 1.93. The molecule has 1 heterocycles. The van der Waals surface area contributed by atoms with Gasteiger partial charge in [-0.1, -0.05) is 18.2 Å². The van der Waals surface area contributed by atoms with Crippen LogP contribution in [0.4, 0.5) is 0 Å². The summed E-state index contributed by atoms with van der Waals surface area (Å²) >= 11 is 7.47. The van der Waals surface area contributed by atoms with Crippen molar-refractivity contribution in [1.29, 1.82) is 0 Å². The summed E-state index contributed by atoms with van der Waals surface area (Å²) in [6, 6.07) is 8.05. The van der Waals surface area contributed by atoms with E-state index in [-0.39, 0.29) is 0 Å². The van der Waals surface area contributed by atoms with Crippen LogP contribution >= 0.6 is 34.8 Å². The van der Waals surface area contributed by atoms with Crippen molar-refractivity contribution < 1.29 is 4.74 Å². The van der Waals surface area contributed by atoms with Crippen LogP contribution in [0, 0.1) is 3.57 Å². The van der Waals surface area contributed by atoms with Gasteiger partial charge < -0.3 is 10.1 Å². The molecule has 21 heavy (non-hydrogen) atoms. The fourth-order valence-corrected chi connectivity index (χ4v) is 2.61. The lowest BCUT2D eigenvalue weighted by Gasteiger charge is -2.26. The number of benzene rings is 1. The Hall–Kier alpha value is -0.770. The second-order valence-electron chi connectivity index (χ2n) is 4.60. The number of thiocarbonyl (C=S) groups is 1. The number of ether oxygens (including phenoxy) is 1. The van der Waals surface area contributed by atoms with E-state index in [0.717, 1.165) is 48.5 Å². The van der Waals surface area contributed by atoms with Crippen molar-refractivity contribution in [2.24, 2.45) is 5.10 Å². The Labute approximate surface area is 144 Å². The van der Waals surface area contributed by atoms with Gasteiger partial charge >= 0.3 is 0 Å². The van der Waals surface area contributed by atoms with Gasteiger partial charge in [0, 0.05) is 35.3 Å². The average molecular weight is 418 g/mol. The molecule has 0 unspecified atom stereocenters. The summed E-state index contributed by atoms with van der Waals surface area (Å²) in [6.45, 7) is 5.40. The topological polar surface area (TPSA) is 48.9 Å². The van der Waals surface area contributed by atoms with E-state index in [0.29, 0.717) is 5.11 Å². The van der Waals surface area contributed by atoms with Gasteiger partial charge in [-0.25, -0.2) is 0 Å². The van der Waals surface area contributed by atoms with E-state index in [1.807, 2.05) is 24.3 Å². The zero-order valence-electron chi connectivity index (χ0n) is 11.7. The molecule has 7 heteroatoms.